The third kappa shape index (κ3) is 2.30. The van der Waals surface area contributed by atoms with Gasteiger partial charge in [0.15, 0.2) is 0 Å². The summed E-state index contributed by atoms with van der Waals surface area (Å²) >= 11 is 0. The second-order valence-corrected chi connectivity index (χ2v) is 4.94. The van der Waals surface area contributed by atoms with Crippen molar-refractivity contribution in [3.05, 3.63) is 65.2 Å². The fraction of sp³-hybridized carbons (Fsp3) is 0.188. The van der Waals surface area contributed by atoms with Gasteiger partial charge in [-0.1, -0.05) is 18.2 Å². The molecule has 0 saturated carbocycles. The molecule has 0 spiro atoms. The standard InChI is InChI=1S/C16H16FN3/c1-11-2-7-15-14(8-11)19-16(9-18)20(15)10-12-3-5-13(17)6-4-12/h2-8H,9-10,18H2,1H3. The number of nitrogens with zero attached hydrogens (tertiary/aromatic N) is 2. The first-order chi connectivity index (χ1) is 9.67. The summed E-state index contributed by atoms with van der Waals surface area (Å²) < 4.78 is 15.1. The number of hydrogen-bond donors (Lipinski definition) is 1. The lowest BCUT2D eigenvalue weighted by Crippen LogP contribution is -2.09. The first-order valence-corrected chi connectivity index (χ1v) is 6.57. The van der Waals surface area contributed by atoms with Crippen LogP contribution in [-0.2, 0) is 13.1 Å². The number of halogens is 1. The van der Waals surface area contributed by atoms with Crippen LogP contribution in [0.3, 0.4) is 0 Å². The van der Waals surface area contributed by atoms with E-state index >= 15 is 0 Å². The molecule has 0 aliphatic heterocycles. The minimum Gasteiger partial charge on any atom is -0.324 e. The topological polar surface area (TPSA) is 43.8 Å². The lowest BCUT2D eigenvalue weighted by Gasteiger charge is -2.08. The molecular formula is C16H16FN3. The van der Waals surface area contributed by atoms with Crippen molar-refractivity contribution in [2.75, 3.05) is 0 Å². The van der Waals surface area contributed by atoms with E-state index in [9.17, 15) is 4.39 Å². The van der Waals surface area contributed by atoms with Gasteiger partial charge in [0.05, 0.1) is 17.6 Å². The number of fused-ring (bicyclic) bond motifs is 1. The zero-order chi connectivity index (χ0) is 14.1. The van der Waals surface area contributed by atoms with Crippen LogP contribution in [0, 0.1) is 12.7 Å². The Bertz CT molecular complexity index is 744. The Hall–Kier alpha value is -2.20. The summed E-state index contributed by atoms with van der Waals surface area (Å²) in [6.07, 6.45) is 0. The molecule has 4 heteroatoms. The van der Waals surface area contributed by atoms with Gasteiger partial charge in [-0.2, -0.15) is 0 Å². The van der Waals surface area contributed by atoms with E-state index in [2.05, 4.69) is 27.8 Å². The SMILES string of the molecule is Cc1ccc2c(c1)nc(CN)n2Cc1ccc(F)cc1. The highest BCUT2D eigenvalue weighted by Crippen LogP contribution is 2.19. The summed E-state index contributed by atoms with van der Waals surface area (Å²) in [7, 11) is 0. The zero-order valence-electron chi connectivity index (χ0n) is 11.3. The molecule has 2 N–H and O–H groups in total. The maximum atomic E-state index is 13.0. The van der Waals surface area contributed by atoms with Crippen LogP contribution in [0.25, 0.3) is 11.0 Å². The van der Waals surface area contributed by atoms with Crippen LogP contribution in [-0.4, -0.2) is 9.55 Å². The van der Waals surface area contributed by atoms with Crippen LogP contribution in [0.1, 0.15) is 17.0 Å². The van der Waals surface area contributed by atoms with Crippen molar-refractivity contribution < 1.29 is 4.39 Å². The third-order valence-corrected chi connectivity index (χ3v) is 3.42. The van der Waals surface area contributed by atoms with Crippen molar-refractivity contribution in [2.45, 2.75) is 20.0 Å². The Morgan fingerprint density at radius 2 is 1.90 bits per heavy atom. The van der Waals surface area contributed by atoms with Gasteiger partial charge in [0.25, 0.3) is 0 Å². The lowest BCUT2D eigenvalue weighted by atomic mass is 10.2. The van der Waals surface area contributed by atoms with Crippen LogP contribution in [0.4, 0.5) is 4.39 Å². The zero-order valence-corrected chi connectivity index (χ0v) is 11.3. The van der Waals surface area contributed by atoms with Crippen LogP contribution >= 0.6 is 0 Å². The number of aromatic nitrogens is 2. The molecule has 1 heterocycles. The van der Waals surface area contributed by atoms with Crippen molar-refractivity contribution in [2.24, 2.45) is 5.73 Å². The summed E-state index contributed by atoms with van der Waals surface area (Å²) in [5.41, 5.74) is 10.00. The van der Waals surface area contributed by atoms with Crippen molar-refractivity contribution in [1.82, 2.24) is 9.55 Å². The van der Waals surface area contributed by atoms with Crippen molar-refractivity contribution in [3.8, 4) is 0 Å². The predicted molar refractivity (Wildman–Crippen MR) is 77.9 cm³/mol. The van der Waals surface area contributed by atoms with Gasteiger partial charge in [0.1, 0.15) is 11.6 Å². The van der Waals surface area contributed by atoms with E-state index in [1.807, 2.05) is 6.92 Å². The van der Waals surface area contributed by atoms with E-state index in [1.54, 1.807) is 12.1 Å². The van der Waals surface area contributed by atoms with E-state index < -0.39 is 0 Å². The maximum absolute atomic E-state index is 13.0. The normalized spacial score (nSPS) is 11.2. The molecule has 102 valence electrons. The minimum absolute atomic E-state index is 0.223. The smallest absolute Gasteiger partial charge is 0.123 e. The summed E-state index contributed by atoms with van der Waals surface area (Å²) in [5.74, 6) is 0.619. The van der Waals surface area contributed by atoms with Gasteiger partial charge in [-0.3, -0.25) is 0 Å². The van der Waals surface area contributed by atoms with E-state index in [-0.39, 0.29) is 5.82 Å². The molecule has 3 rings (SSSR count). The maximum Gasteiger partial charge on any atom is 0.123 e. The molecule has 0 unspecified atom stereocenters. The van der Waals surface area contributed by atoms with Gasteiger partial charge in [0, 0.05) is 6.54 Å². The van der Waals surface area contributed by atoms with Gasteiger partial charge in [-0.15, -0.1) is 0 Å². The molecule has 0 atom stereocenters. The second kappa shape index (κ2) is 5.06. The van der Waals surface area contributed by atoms with Crippen LogP contribution in [0.15, 0.2) is 42.5 Å². The van der Waals surface area contributed by atoms with E-state index in [0.29, 0.717) is 13.1 Å². The van der Waals surface area contributed by atoms with E-state index in [1.165, 1.54) is 17.7 Å². The minimum atomic E-state index is -0.223. The molecule has 0 radical (unpaired) electrons. The Morgan fingerprint density at radius 3 is 2.60 bits per heavy atom. The molecule has 20 heavy (non-hydrogen) atoms. The van der Waals surface area contributed by atoms with Crippen LogP contribution in [0.2, 0.25) is 0 Å². The van der Waals surface area contributed by atoms with Crippen LogP contribution < -0.4 is 5.73 Å². The van der Waals surface area contributed by atoms with Gasteiger partial charge < -0.3 is 10.3 Å². The highest BCUT2D eigenvalue weighted by molar-refractivity contribution is 5.77. The van der Waals surface area contributed by atoms with E-state index in [4.69, 9.17) is 5.73 Å². The fourth-order valence-electron chi connectivity index (χ4n) is 2.39. The molecular weight excluding hydrogens is 253 g/mol. The van der Waals surface area contributed by atoms with Crippen molar-refractivity contribution in [1.29, 1.82) is 0 Å². The monoisotopic (exact) mass is 269 g/mol. The number of nitrogens with two attached hydrogens (primary N) is 1. The number of rotatable bonds is 3. The molecule has 0 amide bonds. The lowest BCUT2D eigenvalue weighted by molar-refractivity contribution is 0.626. The van der Waals surface area contributed by atoms with Crippen LogP contribution in [0.5, 0.6) is 0 Å². The molecule has 0 aliphatic carbocycles. The Labute approximate surface area is 116 Å². The summed E-state index contributed by atoms with van der Waals surface area (Å²) in [6.45, 7) is 3.07. The van der Waals surface area contributed by atoms with Crippen molar-refractivity contribution >= 4 is 11.0 Å². The van der Waals surface area contributed by atoms with Crippen molar-refractivity contribution in [3.63, 3.8) is 0 Å². The molecule has 0 fully saturated rings. The summed E-state index contributed by atoms with van der Waals surface area (Å²) in [4.78, 5) is 4.57. The highest BCUT2D eigenvalue weighted by atomic mass is 19.1. The first-order valence-electron chi connectivity index (χ1n) is 6.57. The number of aryl methyl sites for hydroxylation is 1. The quantitative estimate of drug-likeness (QED) is 0.794. The molecule has 1 aromatic heterocycles. The third-order valence-electron chi connectivity index (χ3n) is 3.42. The molecule has 0 aliphatic rings. The van der Waals surface area contributed by atoms with Gasteiger partial charge in [-0.25, -0.2) is 9.37 Å². The predicted octanol–water partition coefficient (Wildman–Crippen LogP) is 2.99. The fourth-order valence-corrected chi connectivity index (χ4v) is 2.39. The van der Waals surface area contributed by atoms with Gasteiger partial charge in [-0.05, 0) is 42.3 Å². The molecule has 0 bridgehead atoms. The molecule has 0 saturated heterocycles. The number of imidazole rings is 1. The molecule has 3 aromatic rings. The largest absolute Gasteiger partial charge is 0.324 e. The Balaban J connectivity index is 2.07. The summed E-state index contributed by atoms with van der Waals surface area (Å²) in [6, 6.07) is 12.7. The van der Waals surface area contributed by atoms with E-state index in [0.717, 1.165) is 22.4 Å². The second-order valence-electron chi connectivity index (χ2n) is 4.94. The average molecular weight is 269 g/mol. The Kier molecular flexibility index (Phi) is 3.24. The Morgan fingerprint density at radius 1 is 1.15 bits per heavy atom. The average Bonchev–Trinajstić information content (AvgIpc) is 2.78. The molecule has 2 aromatic carbocycles. The van der Waals surface area contributed by atoms with Gasteiger partial charge >= 0.3 is 0 Å². The molecule has 3 nitrogen and oxygen atoms in total. The highest BCUT2D eigenvalue weighted by Gasteiger charge is 2.10. The number of benzene rings is 2. The summed E-state index contributed by atoms with van der Waals surface area (Å²) in [5, 5.41) is 0. The first kappa shape index (κ1) is 12.8. The van der Waals surface area contributed by atoms with Gasteiger partial charge in [0.2, 0.25) is 0 Å². The number of hydrogen-bond acceptors (Lipinski definition) is 2.